The Bertz CT molecular complexity index is 415. The molecular weight excluding hydrogens is 373 g/mol. The molecule has 0 amide bonds. The van der Waals surface area contributed by atoms with E-state index in [2.05, 4.69) is 0 Å². The Morgan fingerprint density at radius 3 is 1.14 bits per heavy atom. The third-order valence-corrected chi connectivity index (χ3v) is 1.25. The summed E-state index contributed by atoms with van der Waals surface area (Å²) in [5, 5.41) is 38.9. The standard InChI is InChI=1S/C6H8O7.Mg.3Na.H2O4S/c7-3(8)1-6(13,5(11)12)2-4(9)10;;;;;1-5(2,3)4/h13H,1-2H2,(H,7,8)(H,9,10)(H,11,12);;;;;(H2,1,2,3,4)/q;+2;3*+1;/p-5. The van der Waals surface area contributed by atoms with Crippen molar-refractivity contribution in [3.05, 3.63) is 0 Å². The normalized spacial score (nSPS) is 9.05. The van der Waals surface area contributed by atoms with Gasteiger partial charge in [-0.3, -0.25) is 8.42 Å². The molecule has 0 rings (SSSR count). The summed E-state index contributed by atoms with van der Waals surface area (Å²) < 4.78 is 34.1. The molecule has 0 aliphatic heterocycles. The monoisotopic (exact) mass is 378 g/mol. The van der Waals surface area contributed by atoms with Crippen LogP contribution in [0.1, 0.15) is 12.8 Å². The third-order valence-electron chi connectivity index (χ3n) is 1.25. The molecule has 0 aliphatic rings. The second-order valence-corrected chi connectivity index (χ2v) is 3.64. The Morgan fingerprint density at radius 2 is 1.05 bits per heavy atom. The summed E-state index contributed by atoms with van der Waals surface area (Å²) in [4.78, 5) is 30.0. The van der Waals surface area contributed by atoms with E-state index < -0.39 is 46.7 Å². The Hall–Kier alpha value is 2.01. The maximum Gasteiger partial charge on any atom is 2.00 e. The number of carboxylic acids is 3. The summed E-state index contributed by atoms with van der Waals surface area (Å²) in [6.07, 6.45) is -2.72. The number of carbonyl (C=O) groups excluding carboxylic acids is 3. The molecule has 0 aliphatic carbocycles. The van der Waals surface area contributed by atoms with Crippen LogP contribution in [0, 0.1) is 0 Å². The SMILES string of the molecule is O=C([O-])CC(O)(CC(=O)[O-])C(=O)[O-].O=S(=O)([O-])[O-].[Mg+2].[Na+].[Na+].[Na+]. The van der Waals surface area contributed by atoms with Gasteiger partial charge in [0.05, 0.1) is 5.97 Å². The zero-order valence-electron chi connectivity index (χ0n) is 12.1. The van der Waals surface area contributed by atoms with Crippen molar-refractivity contribution in [2.75, 3.05) is 0 Å². The Labute approximate surface area is 207 Å². The minimum Gasteiger partial charge on any atom is -0.759 e. The predicted octanol–water partition coefficient (Wildman–Crippen LogP) is -16.0. The van der Waals surface area contributed by atoms with Crippen LogP contribution in [0.4, 0.5) is 0 Å². The molecule has 1 N–H and O–H groups in total. The van der Waals surface area contributed by atoms with Crippen LogP contribution in [-0.2, 0) is 24.8 Å². The molecule has 0 spiro atoms. The van der Waals surface area contributed by atoms with Crippen molar-refractivity contribution < 1.29 is 141 Å². The van der Waals surface area contributed by atoms with Crippen molar-refractivity contribution in [3.8, 4) is 0 Å². The quantitative estimate of drug-likeness (QED) is 0.268. The van der Waals surface area contributed by atoms with Crippen LogP contribution in [0.25, 0.3) is 0 Å². The summed E-state index contributed by atoms with van der Waals surface area (Å²) in [7, 11) is -5.17. The fourth-order valence-corrected chi connectivity index (χ4v) is 0.684. The van der Waals surface area contributed by atoms with E-state index in [9.17, 15) is 29.7 Å². The van der Waals surface area contributed by atoms with Gasteiger partial charge in [-0.1, -0.05) is 0 Å². The predicted molar refractivity (Wildman–Crippen MR) is 45.4 cm³/mol. The van der Waals surface area contributed by atoms with Gasteiger partial charge >= 0.3 is 112 Å². The molecule has 0 fully saturated rings. The zero-order valence-corrected chi connectivity index (χ0v) is 20.3. The Morgan fingerprint density at radius 1 is 0.864 bits per heavy atom. The molecule has 0 saturated heterocycles. The van der Waals surface area contributed by atoms with E-state index in [0.29, 0.717) is 0 Å². The van der Waals surface area contributed by atoms with Gasteiger partial charge in [0.1, 0.15) is 5.60 Å². The Kier molecular flexibility index (Phi) is 31.7. The van der Waals surface area contributed by atoms with Crippen molar-refractivity contribution in [2.24, 2.45) is 0 Å². The van der Waals surface area contributed by atoms with Gasteiger partial charge in [0.25, 0.3) is 0 Å². The van der Waals surface area contributed by atoms with Crippen LogP contribution in [0.2, 0.25) is 0 Å². The van der Waals surface area contributed by atoms with Crippen molar-refractivity contribution in [1.29, 1.82) is 0 Å². The molecule has 0 unspecified atom stereocenters. The summed E-state index contributed by atoms with van der Waals surface area (Å²) in [5.74, 6) is -5.98. The first-order valence-corrected chi connectivity index (χ1v) is 5.11. The van der Waals surface area contributed by atoms with E-state index in [1.165, 1.54) is 0 Å². The fourth-order valence-electron chi connectivity index (χ4n) is 0.684. The van der Waals surface area contributed by atoms with Gasteiger partial charge in [0.15, 0.2) is 0 Å². The fraction of sp³-hybridized carbons (Fsp3) is 0.500. The Balaban J connectivity index is -0.0000000627. The van der Waals surface area contributed by atoms with Crippen LogP contribution >= 0.6 is 0 Å². The van der Waals surface area contributed by atoms with Gasteiger partial charge in [-0.25, -0.2) is 0 Å². The molecule has 0 aromatic rings. The molecule has 22 heavy (non-hydrogen) atoms. The van der Waals surface area contributed by atoms with Crippen LogP contribution < -0.4 is 104 Å². The van der Waals surface area contributed by atoms with E-state index >= 15 is 0 Å². The van der Waals surface area contributed by atoms with Crippen LogP contribution in [0.5, 0.6) is 0 Å². The first-order chi connectivity index (χ1) is 7.78. The van der Waals surface area contributed by atoms with Gasteiger partial charge in [-0.05, 0) is 0 Å². The molecular formula is C6H5MgNa3O11S. The summed E-state index contributed by atoms with van der Waals surface area (Å²) in [6.45, 7) is 0. The van der Waals surface area contributed by atoms with Crippen molar-refractivity contribution in [2.45, 2.75) is 18.4 Å². The van der Waals surface area contributed by atoms with Gasteiger partial charge in [0, 0.05) is 35.2 Å². The topological polar surface area (TPSA) is 221 Å². The van der Waals surface area contributed by atoms with Gasteiger partial charge in [-0.2, -0.15) is 0 Å². The van der Waals surface area contributed by atoms with Crippen LogP contribution in [0.3, 0.4) is 0 Å². The summed E-state index contributed by atoms with van der Waals surface area (Å²) in [6, 6.07) is 0. The molecule has 0 aromatic heterocycles. The number of aliphatic hydroxyl groups is 1. The number of carboxylic acid groups (broad SMARTS) is 3. The molecule has 0 saturated carbocycles. The second kappa shape index (κ2) is 17.8. The molecule has 0 aromatic carbocycles. The van der Waals surface area contributed by atoms with Crippen LogP contribution in [-0.4, -0.2) is 69.2 Å². The largest absolute Gasteiger partial charge is 2.00 e. The van der Waals surface area contributed by atoms with E-state index in [1.54, 1.807) is 0 Å². The molecule has 0 atom stereocenters. The molecule has 0 heterocycles. The minimum absolute atomic E-state index is 0. The summed E-state index contributed by atoms with van der Waals surface area (Å²) in [5.41, 5.74) is -2.97. The molecule has 106 valence electrons. The van der Waals surface area contributed by atoms with E-state index in [0.717, 1.165) is 0 Å². The second-order valence-electron chi connectivity index (χ2n) is 2.82. The first-order valence-electron chi connectivity index (χ1n) is 3.78. The van der Waals surface area contributed by atoms with Crippen LogP contribution in [0.15, 0.2) is 0 Å². The average Bonchev–Trinajstić information content (AvgIpc) is 1.95. The summed E-state index contributed by atoms with van der Waals surface area (Å²) >= 11 is 0. The smallest absolute Gasteiger partial charge is 0.759 e. The van der Waals surface area contributed by atoms with Gasteiger partial charge < -0.3 is 43.9 Å². The zero-order chi connectivity index (χ0) is 15.1. The number of rotatable bonds is 5. The van der Waals surface area contributed by atoms with Crippen molar-refractivity contribution in [1.82, 2.24) is 0 Å². The van der Waals surface area contributed by atoms with E-state index in [4.69, 9.17) is 22.6 Å². The average molecular weight is 378 g/mol. The number of aliphatic carboxylic acids is 3. The molecule has 0 bridgehead atoms. The van der Waals surface area contributed by atoms with E-state index in [1.807, 2.05) is 0 Å². The number of hydrogen-bond acceptors (Lipinski definition) is 11. The molecule has 11 nitrogen and oxygen atoms in total. The van der Waals surface area contributed by atoms with Crippen molar-refractivity contribution >= 4 is 51.4 Å². The maximum atomic E-state index is 10.1. The van der Waals surface area contributed by atoms with Gasteiger partial charge in [-0.15, -0.1) is 0 Å². The molecule has 16 heteroatoms. The molecule has 0 radical (unpaired) electrons. The third kappa shape index (κ3) is 29.9. The first kappa shape index (κ1) is 39.2. The van der Waals surface area contributed by atoms with Gasteiger partial charge in [0.2, 0.25) is 0 Å². The number of hydrogen-bond donors (Lipinski definition) is 1. The minimum atomic E-state index is -5.17. The maximum absolute atomic E-state index is 10.1. The van der Waals surface area contributed by atoms with E-state index in [-0.39, 0.29) is 112 Å². The number of carbonyl (C=O) groups is 3. The van der Waals surface area contributed by atoms with Crippen molar-refractivity contribution in [3.63, 3.8) is 0 Å².